The molecule has 2 aromatic rings. The Hall–Kier alpha value is -2.22. The van der Waals surface area contributed by atoms with Crippen LogP contribution in [-0.4, -0.2) is 40.5 Å². The number of thioether (sulfide) groups is 1. The molecule has 1 heterocycles. The van der Waals surface area contributed by atoms with Crippen molar-refractivity contribution in [2.45, 2.75) is 25.0 Å². The van der Waals surface area contributed by atoms with Crippen molar-refractivity contribution in [2.24, 2.45) is 0 Å². The lowest BCUT2D eigenvalue weighted by molar-refractivity contribution is 0.101. The summed E-state index contributed by atoms with van der Waals surface area (Å²) in [6, 6.07) is 5.05. The van der Waals surface area contributed by atoms with Crippen molar-refractivity contribution in [2.75, 3.05) is 20.0 Å². The molecule has 0 aliphatic rings. The van der Waals surface area contributed by atoms with E-state index in [4.69, 9.17) is 9.47 Å². The minimum atomic E-state index is -0.260. The highest BCUT2D eigenvalue weighted by Gasteiger charge is 2.16. The van der Waals surface area contributed by atoms with Crippen molar-refractivity contribution in [1.29, 1.82) is 0 Å². The summed E-state index contributed by atoms with van der Waals surface area (Å²) in [5.41, 5.74) is 0.213. The highest BCUT2D eigenvalue weighted by molar-refractivity contribution is 7.99. The number of ether oxygens (including phenoxy) is 2. The SMILES string of the molecule is CCCn1c(SCC(=O)c2ccc(OC)cc2OC)n[nH]c1=O. The van der Waals surface area contributed by atoms with Gasteiger partial charge in [-0.25, -0.2) is 9.89 Å². The Labute approximate surface area is 138 Å². The number of nitrogens with one attached hydrogen (secondary N) is 1. The molecule has 124 valence electrons. The van der Waals surface area contributed by atoms with Gasteiger partial charge in [0.15, 0.2) is 10.9 Å². The first kappa shape index (κ1) is 17.1. The van der Waals surface area contributed by atoms with Gasteiger partial charge in [-0.2, -0.15) is 0 Å². The monoisotopic (exact) mass is 337 g/mol. The van der Waals surface area contributed by atoms with Crippen molar-refractivity contribution in [3.63, 3.8) is 0 Å². The van der Waals surface area contributed by atoms with Crippen LogP contribution in [0.2, 0.25) is 0 Å². The third-order valence-electron chi connectivity index (χ3n) is 3.21. The van der Waals surface area contributed by atoms with E-state index in [9.17, 15) is 9.59 Å². The van der Waals surface area contributed by atoms with Crippen molar-refractivity contribution in [3.8, 4) is 11.5 Å². The highest BCUT2D eigenvalue weighted by Crippen LogP contribution is 2.26. The second-order valence-corrected chi connectivity index (χ2v) is 5.68. The van der Waals surface area contributed by atoms with Gasteiger partial charge in [0.1, 0.15) is 11.5 Å². The molecule has 0 unspecified atom stereocenters. The standard InChI is InChI=1S/C15H19N3O4S/c1-4-7-18-14(20)16-17-15(18)23-9-12(19)11-6-5-10(21-2)8-13(11)22-3/h5-6,8H,4,7,9H2,1-3H3,(H,16,20). The van der Waals surface area contributed by atoms with Crippen LogP contribution in [0, 0.1) is 0 Å². The molecule has 23 heavy (non-hydrogen) atoms. The molecule has 1 aromatic heterocycles. The molecular weight excluding hydrogens is 318 g/mol. The van der Waals surface area contributed by atoms with Crippen LogP contribution in [0.4, 0.5) is 0 Å². The molecule has 0 saturated heterocycles. The van der Waals surface area contributed by atoms with Gasteiger partial charge < -0.3 is 9.47 Å². The van der Waals surface area contributed by atoms with Gasteiger partial charge in [-0.05, 0) is 18.6 Å². The molecule has 8 heteroatoms. The fraction of sp³-hybridized carbons (Fsp3) is 0.400. The van der Waals surface area contributed by atoms with Gasteiger partial charge in [-0.1, -0.05) is 18.7 Å². The van der Waals surface area contributed by atoms with Gasteiger partial charge >= 0.3 is 5.69 Å². The van der Waals surface area contributed by atoms with E-state index < -0.39 is 0 Å². The van der Waals surface area contributed by atoms with Gasteiger partial charge in [0.25, 0.3) is 0 Å². The molecule has 0 saturated carbocycles. The number of nitrogens with zero attached hydrogens (tertiary/aromatic N) is 2. The number of Topliss-reactive ketones (excluding diaryl/α,β-unsaturated/α-hetero) is 1. The fourth-order valence-electron chi connectivity index (χ4n) is 2.07. The van der Waals surface area contributed by atoms with E-state index >= 15 is 0 Å². The number of carbonyl (C=O) groups excluding carboxylic acids is 1. The minimum Gasteiger partial charge on any atom is -0.497 e. The maximum atomic E-state index is 12.4. The van der Waals surface area contributed by atoms with Crippen molar-refractivity contribution in [1.82, 2.24) is 14.8 Å². The van der Waals surface area contributed by atoms with Gasteiger partial charge in [0.05, 0.1) is 25.5 Å². The molecule has 7 nitrogen and oxygen atoms in total. The van der Waals surface area contributed by atoms with Crippen LogP contribution in [0.1, 0.15) is 23.7 Å². The minimum absolute atomic E-state index is 0.104. The molecule has 0 atom stereocenters. The molecular formula is C15H19N3O4S. The van der Waals surface area contributed by atoms with E-state index in [0.29, 0.717) is 28.8 Å². The number of benzene rings is 1. The van der Waals surface area contributed by atoms with Gasteiger partial charge in [0.2, 0.25) is 0 Å². The van der Waals surface area contributed by atoms with Gasteiger partial charge in [0, 0.05) is 12.6 Å². The molecule has 2 rings (SSSR count). The first-order chi connectivity index (χ1) is 11.1. The molecule has 0 aliphatic carbocycles. The number of hydrogen-bond acceptors (Lipinski definition) is 6. The number of aromatic amines is 1. The molecule has 0 spiro atoms. The molecule has 0 aliphatic heterocycles. The van der Waals surface area contributed by atoms with Crippen molar-refractivity contribution < 1.29 is 14.3 Å². The Morgan fingerprint density at radius 1 is 1.35 bits per heavy atom. The summed E-state index contributed by atoms with van der Waals surface area (Å²) in [7, 11) is 3.06. The number of carbonyl (C=O) groups is 1. The third kappa shape index (κ3) is 3.95. The van der Waals surface area contributed by atoms with Crippen LogP contribution < -0.4 is 15.2 Å². The average molecular weight is 337 g/mol. The van der Waals surface area contributed by atoms with Gasteiger partial charge in [-0.3, -0.25) is 9.36 Å². The topological polar surface area (TPSA) is 86.2 Å². The fourth-order valence-corrected chi connectivity index (χ4v) is 2.93. The zero-order chi connectivity index (χ0) is 16.8. The summed E-state index contributed by atoms with van der Waals surface area (Å²) < 4.78 is 11.9. The molecule has 1 N–H and O–H groups in total. The molecule has 0 amide bonds. The number of methoxy groups -OCH3 is 2. The zero-order valence-electron chi connectivity index (χ0n) is 13.3. The Balaban J connectivity index is 2.12. The Morgan fingerprint density at radius 2 is 2.13 bits per heavy atom. The molecule has 1 aromatic carbocycles. The first-order valence-corrected chi connectivity index (χ1v) is 8.12. The van der Waals surface area contributed by atoms with Crippen LogP contribution in [0.3, 0.4) is 0 Å². The number of H-pyrrole nitrogens is 1. The molecule has 0 bridgehead atoms. The smallest absolute Gasteiger partial charge is 0.343 e. The zero-order valence-corrected chi connectivity index (χ0v) is 14.1. The van der Waals surface area contributed by atoms with E-state index in [1.54, 1.807) is 25.3 Å². The number of aromatic nitrogens is 3. The van der Waals surface area contributed by atoms with E-state index in [2.05, 4.69) is 10.2 Å². The van der Waals surface area contributed by atoms with E-state index in [1.807, 2.05) is 6.92 Å². The van der Waals surface area contributed by atoms with Crippen LogP contribution in [0.25, 0.3) is 0 Å². The molecule has 0 radical (unpaired) electrons. The maximum Gasteiger partial charge on any atom is 0.343 e. The Bertz CT molecular complexity index is 739. The number of rotatable bonds is 8. The van der Waals surface area contributed by atoms with Crippen molar-refractivity contribution in [3.05, 3.63) is 34.2 Å². The van der Waals surface area contributed by atoms with Crippen LogP contribution in [-0.2, 0) is 6.54 Å². The number of ketones is 1. The summed E-state index contributed by atoms with van der Waals surface area (Å²) in [5.74, 6) is 1.14. The Kier molecular flexibility index (Phi) is 5.86. The lowest BCUT2D eigenvalue weighted by atomic mass is 10.1. The Morgan fingerprint density at radius 3 is 2.78 bits per heavy atom. The first-order valence-electron chi connectivity index (χ1n) is 7.14. The third-order valence-corrected chi connectivity index (χ3v) is 4.19. The van der Waals surface area contributed by atoms with E-state index in [-0.39, 0.29) is 17.2 Å². The lowest BCUT2D eigenvalue weighted by Gasteiger charge is -2.09. The normalized spacial score (nSPS) is 10.6. The predicted molar refractivity (Wildman–Crippen MR) is 87.7 cm³/mol. The summed E-state index contributed by atoms with van der Waals surface area (Å²) in [6.45, 7) is 2.54. The maximum absolute atomic E-state index is 12.4. The van der Waals surface area contributed by atoms with Crippen LogP contribution in [0.15, 0.2) is 28.2 Å². The second-order valence-electron chi connectivity index (χ2n) is 4.74. The lowest BCUT2D eigenvalue weighted by Crippen LogP contribution is -2.17. The second kappa shape index (κ2) is 7.87. The highest BCUT2D eigenvalue weighted by atomic mass is 32.2. The average Bonchev–Trinajstić information content (AvgIpc) is 2.92. The quantitative estimate of drug-likeness (QED) is 0.585. The van der Waals surface area contributed by atoms with Gasteiger partial charge in [-0.15, -0.1) is 5.10 Å². The summed E-state index contributed by atoms with van der Waals surface area (Å²) in [5, 5.41) is 6.87. The van der Waals surface area contributed by atoms with E-state index in [0.717, 1.165) is 6.42 Å². The largest absolute Gasteiger partial charge is 0.497 e. The van der Waals surface area contributed by atoms with Crippen LogP contribution in [0.5, 0.6) is 11.5 Å². The predicted octanol–water partition coefficient (Wildman–Crippen LogP) is 1.97. The van der Waals surface area contributed by atoms with Crippen molar-refractivity contribution >= 4 is 17.5 Å². The molecule has 0 fully saturated rings. The summed E-state index contributed by atoms with van der Waals surface area (Å²) >= 11 is 1.22. The summed E-state index contributed by atoms with van der Waals surface area (Å²) in [4.78, 5) is 24.0. The van der Waals surface area contributed by atoms with E-state index in [1.165, 1.54) is 23.4 Å². The van der Waals surface area contributed by atoms with Crippen LogP contribution >= 0.6 is 11.8 Å². The summed E-state index contributed by atoms with van der Waals surface area (Å²) in [6.07, 6.45) is 0.813. The number of hydrogen-bond donors (Lipinski definition) is 1.